The minimum atomic E-state index is -4.13. The average molecular weight is 185 g/mol. The van der Waals surface area contributed by atoms with Crippen LogP contribution in [0.5, 0.6) is 0 Å². The van der Waals surface area contributed by atoms with Crippen molar-refractivity contribution in [2.45, 2.75) is 5.76 Å². The topological polar surface area (TPSA) is 46.2 Å². The molecule has 1 aliphatic rings. The molecule has 3 nitrogen and oxygen atoms in total. The van der Waals surface area contributed by atoms with Crippen molar-refractivity contribution < 1.29 is 17.2 Å². The Morgan fingerprint density at radius 1 is 1.45 bits per heavy atom. The van der Waals surface area contributed by atoms with Gasteiger partial charge in [0.2, 0.25) is 9.84 Å². The molecule has 6 heteroatoms. The monoisotopic (exact) mass is 185 g/mol. The second-order valence-electron chi connectivity index (χ2n) is 2.61. The molecule has 0 aromatic carbocycles. The van der Waals surface area contributed by atoms with Crippen LogP contribution in [-0.2, 0) is 9.84 Å². The van der Waals surface area contributed by atoms with Gasteiger partial charge in [0.1, 0.15) is 0 Å². The summed E-state index contributed by atoms with van der Waals surface area (Å²) in [6.07, 6.45) is 0. The van der Waals surface area contributed by atoms with E-state index in [1.165, 1.54) is 0 Å². The van der Waals surface area contributed by atoms with E-state index in [2.05, 4.69) is 5.32 Å². The van der Waals surface area contributed by atoms with E-state index in [1.807, 2.05) is 0 Å². The van der Waals surface area contributed by atoms with Crippen LogP contribution in [0.15, 0.2) is 0 Å². The van der Waals surface area contributed by atoms with Crippen molar-refractivity contribution >= 4 is 9.84 Å². The van der Waals surface area contributed by atoms with Gasteiger partial charge in [-0.3, -0.25) is 0 Å². The van der Waals surface area contributed by atoms with E-state index in [4.69, 9.17) is 0 Å². The van der Waals surface area contributed by atoms with Crippen molar-refractivity contribution in [1.82, 2.24) is 5.32 Å². The molecule has 11 heavy (non-hydrogen) atoms. The second kappa shape index (κ2) is 3.02. The van der Waals surface area contributed by atoms with E-state index in [1.54, 1.807) is 0 Å². The predicted molar refractivity (Wildman–Crippen MR) is 36.2 cm³/mol. The Morgan fingerprint density at radius 3 is 2.27 bits per heavy atom. The van der Waals surface area contributed by atoms with Gasteiger partial charge < -0.3 is 5.32 Å². The molecule has 66 valence electrons. The van der Waals surface area contributed by atoms with Gasteiger partial charge in [0.05, 0.1) is 5.75 Å². The first-order chi connectivity index (χ1) is 5.02. The normalized spacial score (nSPS) is 20.3. The van der Waals surface area contributed by atoms with Crippen molar-refractivity contribution in [2.75, 3.05) is 18.8 Å². The van der Waals surface area contributed by atoms with Gasteiger partial charge in [-0.25, -0.2) is 8.42 Å². The summed E-state index contributed by atoms with van der Waals surface area (Å²) in [5.41, 5.74) is 0. The minimum absolute atomic E-state index is 0.117. The van der Waals surface area contributed by atoms with E-state index >= 15 is 0 Å². The predicted octanol–water partition coefficient (Wildman–Crippen LogP) is -0.157. The van der Waals surface area contributed by atoms with Crippen molar-refractivity contribution in [3.05, 3.63) is 0 Å². The SMILES string of the molecule is O=S(=O)(CC1CNC1)C(F)F. The summed E-state index contributed by atoms with van der Waals surface area (Å²) in [7, 11) is -4.13. The highest BCUT2D eigenvalue weighted by Crippen LogP contribution is 2.13. The summed E-state index contributed by atoms with van der Waals surface area (Å²) in [6, 6.07) is 0. The maximum absolute atomic E-state index is 11.7. The fourth-order valence-corrected chi connectivity index (χ4v) is 1.91. The van der Waals surface area contributed by atoms with Crippen molar-refractivity contribution in [3.63, 3.8) is 0 Å². The average Bonchev–Trinajstić information content (AvgIpc) is 1.79. The highest BCUT2D eigenvalue weighted by atomic mass is 32.2. The largest absolute Gasteiger partial charge is 0.336 e. The van der Waals surface area contributed by atoms with Crippen LogP contribution in [0.25, 0.3) is 0 Å². The molecule has 0 radical (unpaired) electrons. The van der Waals surface area contributed by atoms with Crippen LogP contribution in [0, 0.1) is 5.92 Å². The Morgan fingerprint density at radius 2 is 2.00 bits per heavy atom. The lowest BCUT2D eigenvalue weighted by molar-refractivity contribution is 0.232. The van der Waals surface area contributed by atoms with E-state index in [9.17, 15) is 17.2 Å². The molecule has 0 amide bonds. The van der Waals surface area contributed by atoms with Crippen LogP contribution in [0.4, 0.5) is 8.78 Å². The molecule has 0 spiro atoms. The number of hydrogen-bond acceptors (Lipinski definition) is 3. The van der Waals surface area contributed by atoms with E-state index in [0.29, 0.717) is 13.1 Å². The molecule has 1 N–H and O–H groups in total. The van der Waals surface area contributed by atoms with Crippen LogP contribution < -0.4 is 5.32 Å². The molecular weight excluding hydrogens is 176 g/mol. The number of hydrogen-bond donors (Lipinski definition) is 1. The van der Waals surface area contributed by atoms with E-state index < -0.39 is 21.3 Å². The van der Waals surface area contributed by atoms with Crippen LogP contribution in [0.1, 0.15) is 0 Å². The number of halogens is 2. The molecular formula is C5H9F2NO2S. The van der Waals surface area contributed by atoms with Gasteiger partial charge in [-0.2, -0.15) is 8.78 Å². The Bertz CT molecular complexity index is 223. The summed E-state index contributed by atoms with van der Waals surface area (Å²) >= 11 is 0. The zero-order valence-corrected chi connectivity index (χ0v) is 6.57. The lowest BCUT2D eigenvalue weighted by Crippen LogP contribution is -2.46. The molecule has 1 heterocycles. The van der Waals surface area contributed by atoms with Gasteiger partial charge in [0.15, 0.2) is 0 Å². The molecule has 0 atom stereocenters. The van der Waals surface area contributed by atoms with Gasteiger partial charge in [-0.05, 0) is 5.92 Å². The summed E-state index contributed by atoms with van der Waals surface area (Å²) in [4.78, 5) is 0. The Labute approximate surface area is 63.7 Å². The third-order valence-corrected chi connectivity index (χ3v) is 3.08. The summed E-state index contributed by atoms with van der Waals surface area (Å²) in [6.45, 7) is 1.07. The molecule has 1 rings (SSSR count). The zero-order valence-electron chi connectivity index (χ0n) is 5.76. The molecule has 1 saturated heterocycles. The van der Waals surface area contributed by atoms with Gasteiger partial charge in [-0.15, -0.1) is 0 Å². The first-order valence-corrected chi connectivity index (χ1v) is 4.94. The standard InChI is InChI=1S/C5H9F2NO2S/c6-5(7)11(9,10)3-4-1-8-2-4/h4-5,8H,1-3H2. The van der Waals surface area contributed by atoms with Crippen molar-refractivity contribution in [2.24, 2.45) is 5.92 Å². The number of alkyl halides is 2. The van der Waals surface area contributed by atoms with Crippen molar-refractivity contribution in [3.8, 4) is 0 Å². The third kappa shape index (κ3) is 2.10. The molecule has 1 aliphatic heterocycles. The second-order valence-corrected chi connectivity index (χ2v) is 4.63. The Balaban J connectivity index is 2.46. The lowest BCUT2D eigenvalue weighted by atomic mass is 10.1. The van der Waals surface area contributed by atoms with Crippen LogP contribution >= 0.6 is 0 Å². The van der Waals surface area contributed by atoms with Crippen LogP contribution in [-0.4, -0.2) is 33.0 Å². The van der Waals surface area contributed by atoms with E-state index in [-0.39, 0.29) is 5.92 Å². The van der Waals surface area contributed by atoms with Crippen LogP contribution in [0.3, 0.4) is 0 Å². The Hall–Kier alpha value is -0.230. The first-order valence-electron chi connectivity index (χ1n) is 3.23. The van der Waals surface area contributed by atoms with Gasteiger partial charge >= 0.3 is 5.76 Å². The fraction of sp³-hybridized carbons (Fsp3) is 1.00. The molecule has 0 bridgehead atoms. The molecule has 0 saturated carbocycles. The van der Waals surface area contributed by atoms with Crippen molar-refractivity contribution in [1.29, 1.82) is 0 Å². The Kier molecular flexibility index (Phi) is 2.43. The third-order valence-electron chi connectivity index (χ3n) is 1.61. The summed E-state index contributed by atoms with van der Waals surface area (Å²) < 4.78 is 44.6. The quantitative estimate of drug-likeness (QED) is 0.664. The fourth-order valence-electron chi connectivity index (χ4n) is 0.868. The lowest BCUT2D eigenvalue weighted by Gasteiger charge is -2.26. The molecule has 0 aromatic rings. The van der Waals surface area contributed by atoms with E-state index in [0.717, 1.165) is 0 Å². The van der Waals surface area contributed by atoms with Gasteiger partial charge in [0, 0.05) is 13.1 Å². The highest BCUT2D eigenvalue weighted by Gasteiger charge is 2.30. The maximum Gasteiger partial charge on any atom is 0.336 e. The molecule has 0 aromatic heterocycles. The number of sulfone groups is 1. The summed E-state index contributed by atoms with van der Waals surface area (Å²) in [5.74, 6) is -3.73. The maximum atomic E-state index is 11.7. The highest BCUT2D eigenvalue weighted by molar-refractivity contribution is 7.91. The van der Waals surface area contributed by atoms with Gasteiger partial charge in [0.25, 0.3) is 0 Å². The molecule has 0 aliphatic carbocycles. The van der Waals surface area contributed by atoms with Crippen LogP contribution in [0.2, 0.25) is 0 Å². The summed E-state index contributed by atoms with van der Waals surface area (Å²) in [5, 5.41) is 2.81. The van der Waals surface area contributed by atoms with Gasteiger partial charge in [-0.1, -0.05) is 0 Å². The smallest absolute Gasteiger partial charge is 0.316 e. The number of rotatable bonds is 3. The molecule has 1 fully saturated rings. The zero-order chi connectivity index (χ0) is 8.48. The minimum Gasteiger partial charge on any atom is -0.316 e. The first kappa shape index (κ1) is 8.86. The number of nitrogens with one attached hydrogen (secondary N) is 1. The molecule has 0 unspecified atom stereocenters.